The molecule has 2 fully saturated rings. The predicted molar refractivity (Wildman–Crippen MR) is 69.7 cm³/mol. The SMILES string of the molecule is O=C(CCCl)NC(=O)N1CCN2CCCCC2C1. The van der Waals surface area contributed by atoms with E-state index in [4.69, 9.17) is 11.6 Å². The molecule has 5 nitrogen and oxygen atoms in total. The molecule has 3 amide bonds. The Labute approximate surface area is 112 Å². The van der Waals surface area contributed by atoms with Gasteiger partial charge < -0.3 is 4.90 Å². The number of fused-ring (bicyclic) bond motifs is 1. The summed E-state index contributed by atoms with van der Waals surface area (Å²) >= 11 is 5.46. The molecule has 1 atom stereocenters. The van der Waals surface area contributed by atoms with Crippen molar-refractivity contribution in [3.05, 3.63) is 0 Å². The van der Waals surface area contributed by atoms with Crippen LogP contribution in [0, 0.1) is 0 Å². The van der Waals surface area contributed by atoms with Crippen LogP contribution in [0.25, 0.3) is 0 Å². The Kier molecular flexibility index (Phi) is 4.83. The Morgan fingerprint density at radius 1 is 1.22 bits per heavy atom. The molecule has 2 rings (SSSR count). The van der Waals surface area contributed by atoms with Gasteiger partial charge in [-0.15, -0.1) is 11.6 Å². The highest BCUT2D eigenvalue weighted by Gasteiger charge is 2.31. The summed E-state index contributed by atoms with van der Waals surface area (Å²) in [6, 6.07) is 0.205. The molecule has 0 saturated carbocycles. The Morgan fingerprint density at radius 3 is 2.83 bits per heavy atom. The molecule has 0 aliphatic carbocycles. The first-order valence-corrected chi connectivity index (χ1v) is 7.13. The lowest BCUT2D eigenvalue weighted by molar-refractivity contribution is -0.119. The topological polar surface area (TPSA) is 52.7 Å². The molecule has 2 saturated heterocycles. The standard InChI is InChI=1S/C12H20ClN3O2/c13-5-4-11(17)14-12(18)16-8-7-15-6-2-1-3-10(15)9-16/h10H,1-9H2,(H,14,17,18). The van der Waals surface area contributed by atoms with Crippen molar-refractivity contribution in [2.45, 2.75) is 31.7 Å². The number of hydrogen-bond acceptors (Lipinski definition) is 3. The van der Waals surface area contributed by atoms with E-state index in [0.717, 1.165) is 26.1 Å². The quantitative estimate of drug-likeness (QED) is 0.765. The first-order valence-electron chi connectivity index (χ1n) is 6.59. The van der Waals surface area contributed by atoms with Gasteiger partial charge in [-0.1, -0.05) is 6.42 Å². The number of hydrogen-bond donors (Lipinski definition) is 1. The Hall–Kier alpha value is -0.810. The molecule has 18 heavy (non-hydrogen) atoms. The number of carbonyl (C=O) groups is 2. The van der Waals surface area contributed by atoms with Crippen LogP contribution < -0.4 is 5.32 Å². The van der Waals surface area contributed by atoms with Crippen molar-refractivity contribution in [1.29, 1.82) is 0 Å². The van der Waals surface area contributed by atoms with E-state index >= 15 is 0 Å². The minimum absolute atomic E-state index is 0.191. The Morgan fingerprint density at radius 2 is 2.06 bits per heavy atom. The molecule has 102 valence electrons. The van der Waals surface area contributed by atoms with Gasteiger partial charge in [-0.2, -0.15) is 0 Å². The largest absolute Gasteiger partial charge is 0.324 e. The molecule has 0 bridgehead atoms. The number of imide groups is 1. The number of nitrogens with zero attached hydrogens (tertiary/aromatic N) is 2. The summed E-state index contributed by atoms with van der Waals surface area (Å²) in [7, 11) is 0. The van der Waals surface area contributed by atoms with Crippen molar-refractivity contribution in [1.82, 2.24) is 15.1 Å². The van der Waals surface area contributed by atoms with E-state index in [1.165, 1.54) is 12.8 Å². The Bertz CT molecular complexity index is 324. The monoisotopic (exact) mass is 273 g/mol. The van der Waals surface area contributed by atoms with Gasteiger partial charge in [0.2, 0.25) is 5.91 Å². The fraction of sp³-hybridized carbons (Fsp3) is 0.833. The number of carbonyl (C=O) groups excluding carboxylic acids is 2. The molecule has 2 heterocycles. The maximum Gasteiger partial charge on any atom is 0.324 e. The highest BCUT2D eigenvalue weighted by molar-refractivity contribution is 6.19. The van der Waals surface area contributed by atoms with Gasteiger partial charge >= 0.3 is 6.03 Å². The lowest BCUT2D eigenvalue weighted by atomic mass is 10.00. The van der Waals surface area contributed by atoms with Gasteiger partial charge in [0.15, 0.2) is 0 Å². The van der Waals surface area contributed by atoms with Crippen LogP contribution in [0.15, 0.2) is 0 Å². The minimum Gasteiger partial charge on any atom is -0.322 e. The fourth-order valence-corrected chi connectivity index (χ4v) is 2.86. The molecule has 0 radical (unpaired) electrons. The van der Waals surface area contributed by atoms with Crippen molar-refractivity contribution in [3.63, 3.8) is 0 Å². The van der Waals surface area contributed by atoms with Crippen molar-refractivity contribution in [2.75, 3.05) is 32.1 Å². The summed E-state index contributed by atoms with van der Waals surface area (Å²) in [5, 5.41) is 2.39. The van der Waals surface area contributed by atoms with E-state index < -0.39 is 0 Å². The number of halogens is 1. The van der Waals surface area contributed by atoms with Crippen LogP contribution >= 0.6 is 11.6 Å². The second kappa shape index (κ2) is 6.38. The summed E-state index contributed by atoms with van der Waals surface area (Å²) in [4.78, 5) is 27.4. The maximum absolute atomic E-state index is 11.9. The van der Waals surface area contributed by atoms with Crippen LogP contribution in [-0.4, -0.2) is 59.8 Å². The second-order valence-corrected chi connectivity index (χ2v) is 5.30. The lowest BCUT2D eigenvalue weighted by Crippen LogP contribution is -2.58. The van der Waals surface area contributed by atoms with Crippen molar-refractivity contribution >= 4 is 23.5 Å². The molecule has 2 aliphatic rings. The third kappa shape index (κ3) is 3.36. The number of piperidine rings is 1. The molecule has 6 heteroatoms. The molecular formula is C12H20ClN3O2. The number of amides is 3. The number of urea groups is 1. The minimum atomic E-state index is -0.291. The van der Waals surface area contributed by atoms with Gasteiger partial charge in [0.05, 0.1) is 0 Å². The molecule has 0 aromatic carbocycles. The van der Waals surface area contributed by atoms with E-state index in [-0.39, 0.29) is 24.2 Å². The highest BCUT2D eigenvalue weighted by atomic mass is 35.5. The van der Waals surface area contributed by atoms with Crippen LogP contribution in [0.5, 0.6) is 0 Å². The molecule has 0 aromatic rings. The smallest absolute Gasteiger partial charge is 0.322 e. The van der Waals surface area contributed by atoms with Crippen molar-refractivity contribution in [2.24, 2.45) is 0 Å². The van der Waals surface area contributed by atoms with Crippen molar-refractivity contribution < 1.29 is 9.59 Å². The second-order valence-electron chi connectivity index (χ2n) is 4.92. The average molecular weight is 274 g/mol. The first kappa shape index (κ1) is 13.6. The predicted octanol–water partition coefficient (Wildman–Crippen LogP) is 1.02. The zero-order valence-corrected chi connectivity index (χ0v) is 11.3. The van der Waals surface area contributed by atoms with Gasteiger partial charge in [0.25, 0.3) is 0 Å². The molecule has 0 spiro atoms. The van der Waals surface area contributed by atoms with E-state index in [9.17, 15) is 9.59 Å². The van der Waals surface area contributed by atoms with Gasteiger partial charge in [-0.3, -0.25) is 15.0 Å². The van der Waals surface area contributed by atoms with Gasteiger partial charge in [0, 0.05) is 38.0 Å². The van der Waals surface area contributed by atoms with E-state index in [1.807, 2.05) is 0 Å². The molecule has 1 N–H and O–H groups in total. The average Bonchev–Trinajstić information content (AvgIpc) is 2.38. The van der Waals surface area contributed by atoms with Gasteiger partial charge in [-0.05, 0) is 19.4 Å². The van der Waals surface area contributed by atoms with Crippen LogP contribution in [0.3, 0.4) is 0 Å². The van der Waals surface area contributed by atoms with Crippen LogP contribution in [0.4, 0.5) is 4.79 Å². The van der Waals surface area contributed by atoms with E-state index in [1.54, 1.807) is 4.90 Å². The normalized spacial score (nSPS) is 24.5. The van der Waals surface area contributed by atoms with Crippen LogP contribution in [0.2, 0.25) is 0 Å². The van der Waals surface area contributed by atoms with E-state index in [0.29, 0.717) is 12.6 Å². The van der Waals surface area contributed by atoms with Crippen molar-refractivity contribution in [3.8, 4) is 0 Å². The third-order valence-corrected chi connectivity index (χ3v) is 3.88. The Balaban J connectivity index is 1.82. The lowest BCUT2D eigenvalue weighted by Gasteiger charge is -2.43. The van der Waals surface area contributed by atoms with Crippen LogP contribution in [-0.2, 0) is 4.79 Å². The summed E-state index contributed by atoms with van der Waals surface area (Å²) < 4.78 is 0. The summed E-state index contributed by atoms with van der Waals surface area (Å²) in [5.41, 5.74) is 0. The third-order valence-electron chi connectivity index (χ3n) is 3.69. The zero-order chi connectivity index (χ0) is 13.0. The molecule has 2 aliphatic heterocycles. The number of nitrogens with one attached hydrogen (secondary N) is 1. The molecule has 1 unspecified atom stereocenters. The summed E-state index contributed by atoms with van der Waals surface area (Å²) in [6.45, 7) is 3.50. The molecular weight excluding hydrogens is 254 g/mol. The molecule has 0 aromatic heterocycles. The number of alkyl halides is 1. The highest BCUT2D eigenvalue weighted by Crippen LogP contribution is 2.20. The van der Waals surface area contributed by atoms with E-state index in [2.05, 4.69) is 10.2 Å². The van der Waals surface area contributed by atoms with Gasteiger partial charge in [-0.25, -0.2) is 4.79 Å². The first-order chi connectivity index (χ1) is 8.70. The fourth-order valence-electron chi connectivity index (χ4n) is 2.69. The number of piperazine rings is 1. The maximum atomic E-state index is 11.9. The summed E-state index contributed by atoms with van der Waals surface area (Å²) in [6.07, 6.45) is 3.84. The van der Waals surface area contributed by atoms with Crippen LogP contribution in [0.1, 0.15) is 25.7 Å². The summed E-state index contributed by atoms with van der Waals surface area (Å²) in [5.74, 6) is -0.0451. The zero-order valence-electron chi connectivity index (χ0n) is 10.5. The number of rotatable bonds is 2. The van der Waals surface area contributed by atoms with Gasteiger partial charge in [0.1, 0.15) is 0 Å².